The second-order valence-electron chi connectivity index (χ2n) is 4.81. The summed E-state index contributed by atoms with van der Waals surface area (Å²) in [5.74, 6) is 1.71. The third-order valence-electron chi connectivity index (χ3n) is 3.53. The van der Waals surface area contributed by atoms with Crippen molar-refractivity contribution in [2.45, 2.75) is 6.61 Å². The van der Waals surface area contributed by atoms with Gasteiger partial charge in [0.15, 0.2) is 17.2 Å². The molecule has 5 nitrogen and oxygen atoms in total. The Morgan fingerprint density at radius 3 is 2.64 bits per heavy atom. The van der Waals surface area contributed by atoms with Crippen LogP contribution < -0.4 is 19.6 Å². The normalized spacial score (nSPS) is 12.3. The first-order chi connectivity index (χ1) is 10.7. The Bertz CT molecular complexity index is 754. The molecule has 0 fully saturated rings. The fraction of sp³-hybridized carbons (Fsp3) is 0.235. The molecule has 1 aliphatic heterocycles. The smallest absolute Gasteiger partial charge is 0.231 e. The fourth-order valence-corrected chi connectivity index (χ4v) is 2.49. The fourth-order valence-electron chi connectivity index (χ4n) is 2.49. The Labute approximate surface area is 128 Å². The quantitative estimate of drug-likeness (QED) is 0.868. The average Bonchev–Trinajstić information content (AvgIpc) is 2.93. The maximum Gasteiger partial charge on any atom is 0.231 e. The summed E-state index contributed by atoms with van der Waals surface area (Å²) in [5.41, 5.74) is 2.55. The van der Waals surface area contributed by atoms with Gasteiger partial charge in [0.2, 0.25) is 12.2 Å². The molecule has 0 amide bonds. The topological polar surface area (TPSA) is 54.0 Å². The molecule has 0 aliphatic carbocycles. The van der Waals surface area contributed by atoms with Crippen LogP contribution in [0, 0.1) is 0 Å². The molecular weight excluding hydrogens is 284 g/mol. The number of ether oxygens (including phenoxy) is 4. The molecule has 3 rings (SSSR count). The highest BCUT2D eigenvalue weighted by atomic mass is 16.7. The van der Waals surface area contributed by atoms with Crippen molar-refractivity contribution in [3.05, 3.63) is 52.2 Å². The number of benzene rings is 1. The number of hydrogen-bond acceptors (Lipinski definition) is 5. The Morgan fingerprint density at radius 2 is 1.86 bits per heavy atom. The van der Waals surface area contributed by atoms with Gasteiger partial charge in [-0.25, -0.2) is 0 Å². The highest BCUT2D eigenvalue weighted by Gasteiger charge is 2.21. The largest absolute Gasteiger partial charge is 0.493 e. The van der Waals surface area contributed by atoms with E-state index in [1.54, 1.807) is 19.2 Å². The average molecular weight is 300 g/mol. The summed E-state index contributed by atoms with van der Waals surface area (Å²) in [6.45, 7) is 0.596. The number of methoxy groups -OCH3 is 2. The number of rotatable bonds is 4. The molecule has 1 aliphatic rings. The summed E-state index contributed by atoms with van der Waals surface area (Å²) in [5, 5.41) is 0. The first-order valence-electron chi connectivity index (χ1n) is 6.83. The van der Waals surface area contributed by atoms with Crippen LogP contribution in [0.3, 0.4) is 0 Å². The zero-order valence-corrected chi connectivity index (χ0v) is 12.4. The lowest BCUT2D eigenvalue weighted by Gasteiger charge is -2.11. The maximum atomic E-state index is 11.8. The zero-order valence-electron chi connectivity index (χ0n) is 12.4. The highest BCUT2D eigenvalue weighted by Crippen LogP contribution is 2.41. The third kappa shape index (κ3) is 2.51. The molecule has 0 aromatic heterocycles. The second kappa shape index (κ2) is 6.07. The standard InChI is InChI=1S/C17H16O5/c1-19-9-13-12(5-8-16-17(13)22-10-21-16)11-3-6-14(18)15(20-2)7-4-11/h3-8H,9-10H2,1-2H3. The van der Waals surface area contributed by atoms with Gasteiger partial charge in [-0.3, -0.25) is 4.79 Å². The summed E-state index contributed by atoms with van der Waals surface area (Å²) in [6, 6.07) is 10.6. The van der Waals surface area contributed by atoms with Crippen LogP contribution in [0.5, 0.6) is 17.2 Å². The van der Waals surface area contributed by atoms with Crippen molar-refractivity contribution in [1.82, 2.24) is 0 Å². The van der Waals surface area contributed by atoms with E-state index in [9.17, 15) is 4.79 Å². The van der Waals surface area contributed by atoms with Crippen molar-refractivity contribution in [1.29, 1.82) is 0 Å². The molecule has 0 saturated heterocycles. The van der Waals surface area contributed by atoms with Gasteiger partial charge < -0.3 is 18.9 Å². The van der Waals surface area contributed by atoms with Gasteiger partial charge in [0, 0.05) is 12.7 Å². The van der Waals surface area contributed by atoms with Crippen molar-refractivity contribution < 1.29 is 18.9 Å². The lowest BCUT2D eigenvalue weighted by atomic mass is 10.00. The maximum absolute atomic E-state index is 11.8. The molecule has 0 spiro atoms. The summed E-state index contributed by atoms with van der Waals surface area (Å²) in [6.07, 6.45) is 0. The second-order valence-corrected chi connectivity index (χ2v) is 4.81. The summed E-state index contributed by atoms with van der Waals surface area (Å²) >= 11 is 0. The van der Waals surface area contributed by atoms with Gasteiger partial charge in [0.05, 0.1) is 13.7 Å². The van der Waals surface area contributed by atoms with Crippen LogP contribution in [0.15, 0.2) is 41.2 Å². The predicted molar refractivity (Wildman–Crippen MR) is 81.5 cm³/mol. The van der Waals surface area contributed by atoms with Crippen LogP contribution in [0.2, 0.25) is 0 Å². The molecule has 0 unspecified atom stereocenters. The molecule has 2 aromatic carbocycles. The molecule has 0 N–H and O–H groups in total. The summed E-state index contributed by atoms with van der Waals surface area (Å²) in [7, 11) is 3.11. The predicted octanol–water partition coefficient (Wildman–Crippen LogP) is 2.60. The minimum Gasteiger partial charge on any atom is -0.493 e. The molecule has 1 heterocycles. The van der Waals surface area contributed by atoms with E-state index in [1.807, 2.05) is 18.2 Å². The minimum atomic E-state index is -0.164. The Hall–Kier alpha value is -2.53. The minimum absolute atomic E-state index is 0.164. The van der Waals surface area contributed by atoms with E-state index < -0.39 is 0 Å². The van der Waals surface area contributed by atoms with Gasteiger partial charge in [0.25, 0.3) is 0 Å². The van der Waals surface area contributed by atoms with E-state index in [2.05, 4.69) is 0 Å². The molecule has 22 heavy (non-hydrogen) atoms. The van der Waals surface area contributed by atoms with Gasteiger partial charge in [-0.1, -0.05) is 18.2 Å². The van der Waals surface area contributed by atoms with E-state index >= 15 is 0 Å². The van der Waals surface area contributed by atoms with Gasteiger partial charge in [0.1, 0.15) is 0 Å². The van der Waals surface area contributed by atoms with Crippen LogP contribution in [0.4, 0.5) is 0 Å². The van der Waals surface area contributed by atoms with E-state index in [-0.39, 0.29) is 12.2 Å². The number of hydrogen-bond donors (Lipinski definition) is 0. The Kier molecular flexibility index (Phi) is 3.98. The first kappa shape index (κ1) is 14.4. The molecule has 5 heteroatoms. The van der Waals surface area contributed by atoms with Crippen LogP contribution in [-0.2, 0) is 11.3 Å². The van der Waals surface area contributed by atoms with Crippen LogP contribution in [0.1, 0.15) is 5.56 Å². The van der Waals surface area contributed by atoms with Crippen molar-refractivity contribution >= 4 is 0 Å². The SMILES string of the molecule is COCc1c(-c2ccc(OC)c(=O)cc2)ccc2c1OCO2. The molecular formula is C17H16O5. The molecule has 0 radical (unpaired) electrons. The van der Waals surface area contributed by atoms with Crippen molar-refractivity contribution in [2.75, 3.05) is 21.0 Å². The van der Waals surface area contributed by atoms with E-state index in [1.165, 1.54) is 13.2 Å². The molecule has 0 bridgehead atoms. The van der Waals surface area contributed by atoms with E-state index in [0.717, 1.165) is 16.7 Å². The Balaban J connectivity index is 2.16. The van der Waals surface area contributed by atoms with E-state index in [4.69, 9.17) is 18.9 Å². The molecule has 0 saturated carbocycles. The molecule has 0 atom stereocenters. The van der Waals surface area contributed by atoms with Gasteiger partial charge in [-0.2, -0.15) is 0 Å². The lowest BCUT2D eigenvalue weighted by molar-refractivity contribution is 0.163. The van der Waals surface area contributed by atoms with Gasteiger partial charge in [-0.05, 0) is 29.3 Å². The zero-order chi connectivity index (χ0) is 15.5. The lowest BCUT2D eigenvalue weighted by Crippen LogP contribution is -1.99. The van der Waals surface area contributed by atoms with Crippen molar-refractivity contribution in [3.8, 4) is 28.4 Å². The summed E-state index contributed by atoms with van der Waals surface area (Å²) < 4.78 is 21.3. The van der Waals surface area contributed by atoms with E-state index in [0.29, 0.717) is 23.9 Å². The van der Waals surface area contributed by atoms with Crippen LogP contribution in [-0.4, -0.2) is 21.0 Å². The van der Waals surface area contributed by atoms with Gasteiger partial charge >= 0.3 is 0 Å². The van der Waals surface area contributed by atoms with Crippen molar-refractivity contribution in [2.24, 2.45) is 0 Å². The first-order valence-corrected chi connectivity index (χ1v) is 6.83. The number of fused-ring (bicyclic) bond motifs is 1. The van der Waals surface area contributed by atoms with Gasteiger partial charge in [-0.15, -0.1) is 0 Å². The summed E-state index contributed by atoms with van der Waals surface area (Å²) in [4.78, 5) is 11.8. The monoisotopic (exact) mass is 300 g/mol. The third-order valence-corrected chi connectivity index (χ3v) is 3.53. The van der Waals surface area contributed by atoms with Crippen LogP contribution >= 0.6 is 0 Å². The van der Waals surface area contributed by atoms with Crippen molar-refractivity contribution in [3.63, 3.8) is 0 Å². The Morgan fingerprint density at radius 1 is 1.05 bits per heavy atom. The van der Waals surface area contributed by atoms with Crippen LogP contribution in [0.25, 0.3) is 11.1 Å². The molecule has 2 aromatic rings. The highest BCUT2D eigenvalue weighted by molar-refractivity contribution is 5.72. The molecule has 114 valence electrons.